The van der Waals surface area contributed by atoms with Crippen LogP contribution in [0.2, 0.25) is 0 Å². The number of nitrogens with one attached hydrogen (secondary N) is 1. The molecule has 43 heavy (non-hydrogen) atoms. The van der Waals surface area contributed by atoms with E-state index >= 15 is 0 Å². The summed E-state index contributed by atoms with van der Waals surface area (Å²) < 4.78 is 69.9. The molecule has 230 valence electrons. The first-order valence-electron chi connectivity index (χ1n) is 14.0. The SMILES string of the molecule is C[C@@H](C(=O)NC1CCCCC1)N(Cc1cccc(Br)c1)C(=O)CN(c1cccc(C(F)(F)F)c1)S(=O)(=O)c1ccccc1. The fraction of sp³-hybridized carbons (Fsp3) is 0.355. The van der Waals surface area contributed by atoms with Crippen molar-refractivity contribution in [3.8, 4) is 0 Å². The van der Waals surface area contributed by atoms with Crippen molar-refractivity contribution in [1.82, 2.24) is 10.2 Å². The first-order valence-corrected chi connectivity index (χ1v) is 16.2. The van der Waals surface area contributed by atoms with Gasteiger partial charge in [0.15, 0.2) is 0 Å². The van der Waals surface area contributed by atoms with Crippen LogP contribution in [0.1, 0.15) is 50.2 Å². The summed E-state index contributed by atoms with van der Waals surface area (Å²) in [6, 6.07) is 17.1. The summed E-state index contributed by atoms with van der Waals surface area (Å²) in [6.45, 7) is 0.710. The minimum Gasteiger partial charge on any atom is -0.352 e. The monoisotopic (exact) mass is 679 g/mol. The first-order chi connectivity index (χ1) is 20.4. The van der Waals surface area contributed by atoms with Crippen LogP contribution in [0.15, 0.2) is 88.2 Å². The minimum atomic E-state index is -4.74. The standard InChI is InChI=1S/C31H33BrF3N3O4S/c1-22(30(40)36-26-13-4-2-5-14-26)37(20-23-10-8-12-25(32)18-23)29(39)21-38(43(41,42)28-16-6-3-7-17-28)27-15-9-11-24(19-27)31(33,34)35/h3,6-12,15-19,22,26H,2,4-5,13-14,20-21H2,1H3,(H,36,40)/t22-/m0/s1. The van der Waals surface area contributed by atoms with Gasteiger partial charge in [-0.15, -0.1) is 0 Å². The van der Waals surface area contributed by atoms with Crippen LogP contribution in [0.3, 0.4) is 0 Å². The Kier molecular flexibility index (Phi) is 10.5. The molecule has 1 fully saturated rings. The molecule has 12 heteroatoms. The van der Waals surface area contributed by atoms with Gasteiger partial charge >= 0.3 is 6.18 Å². The number of hydrogen-bond acceptors (Lipinski definition) is 4. The average molecular weight is 681 g/mol. The van der Waals surface area contributed by atoms with Gasteiger partial charge < -0.3 is 10.2 Å². The van der Waals surface area contributed by atoms with Gasteiger partial charge in [0, 0.05) is 17.1 Å². The Morgan fingerprint density at radius 3 is 2.28 bits per heavy atom. The molecule has 0 aliphatic heterocycles. The second-order valence-corrected chi connectivity index (χ2v) is 13.3. The predicted octanol–water partition coefficient (Wildman–Crippen LogP) is 6.53. The van der Waals surface area contributed by atoms with E-state index in [1.165, 1.54) is 35.2 Å². The number of hydrogen-bond donors (Lipinski definition) is 1. The third-order valence-electron chi connectivity index (χ3n) is 7.43. The van der Waals surface area contributed by atoms with E-state index in [1.807, 2.05) is 0 Å². The highest BCUT2D eigenvalue weighted by molar-refractivity contribution is 9.10. The highest BCUT2D eigenvalue weighted by Gasteiger charge is 2.35. The van der Waals surface area contributed by atoms with Crippen molar-refractivity contribution in [3.05, 3.63) is 94.5 Å². The number of amides is 2. The maximum atomic E-state index is 14.0. The number of halogens is 4. The van der Waals surface area contributed by atoms with E-state index in [2.05, 4.69) is 21.2 Å². The van der Waals surface area contributed by atoms with E-state index in [4.69, 9.17) is 0 Å². The van der Waals surface area contributed by atoms with Gasteiger partial charge in [0.1, 0.15) is 12.6 Å². The van der Waals surface area contributed by atoms with Crippen LogP contribution in [0.4, 0.5) is 18.9 Å². The van der Waals surface area contributed by atoms with Crippen molar-refractivity contribution in [2.75, 3.05) is 10.8 Å². The number of carbonyl (C=O) groups is 2. The van der Waals surface area contributed by atoms with Gasteiger partial charge in [0.2, 0.25) is 11.8 Å². The number of sulfonamides is 1. The summed E-state index contributed by atoms with van der Waals surface area (Å²) >= 11 is 3.40. The quantitative estimate of drug-likeness (QED) is 0.264. The van der Waals surface area contributed by atoms with Crippen LogP contribution in [-0.2, 0) is 32.3 Å². The molecule has 7 nitrogen and oxygen atoms in total. The largest absolute Gasteiger partial charge is 0.416 e. The number of alkyl halides is 3. The molecule has 1 atom stereocenters. The second kappa shape index (κ2) is 13.9. The Bertz CT molecular complexity index is 1530. The summed E-state index contributed by atoms with van der Waals surface area (Å²) in [7, 11) is -4.48. The second-order valence-electron chi connectivity index (χ2n) is 10.5. The van der Waals surface area contributed by atoms with Crippen LogP contribution < -0.4 is 9.62 Å². The van der Waals surface area contributed by atoms with Crippen molar-refractivity contribution in [3.63, 3.8) is 0 Å². The zero-order chi connectivity index (χ0) is 31.2. The fourth-order valence-electron chi connectivity index (χ4n) is 5.07. The molecular weight excluding hydrogens is 647 g/mol. The molecule has 0 aromatic heterocycles. The molecule has 0 unspecified atom stereocenters. The van der Waals surface area contributed by atoms with Gasteiger partial charge in [-0.1, -0.05) is 71.6 Å². The molecule has 1 aliphatic rings. The normalized spacial score (nSPS) is 15.0. The van der Waals surface area contributed by atoms with E-state index in [0.717, 1.165) is 48.7 Å². The molecule has 4 rings (SSSR count). The van der Waals surface area contributed by atoms with E-state index < -0.39 is 40.3 Å². The molecule has 3 aromatic carbocycles. The first kappa shape index (κ1) is 32.5. The number of carbonyl (C=O) groups excluding carboxylic acids is 2. The Labute approximate surface area is 258 Å². The third-order valence-corrected chi connectivity index (χ3v) is 9.71. The van der Waals surface area contributed by atoms with Crippen molar-refractivity contribution < 1.29 is 31.2 Å². The van der Waals surface area contributed by atoms with Crippen LogP contribution in [0.25, 0.3) is 0 Å². The third kappa shape index (κ3) is 8.38. The topological polar surface area (TPSA) is 86.8 Å². The Hall–Kier alpha value is -3.38. The molecule has 1 saturated carbocycles. The fourth-order valence-corrected chi connectivity index (χ4v) is 6.94. The van der Waals surface area contributed by atoms with Gasteiger partial charge in [0.05, 0.1) is 16.1 Å². The summed E-state index contributed by atoms with van der Waals surface area (Å²) in [5, 5.41) is 3.02. The lowest BCUT2D eigenvalue weighted by Crippen LogP contribution is -2.53. The molecule has 1 aliphatic carbocycles. The van der Waals surface area contributed by atoms with Crippen molar-refractivity contribution >= 4 is 43.5 Å². The molecule has 3 aromatic rings. The summed E-state index contributed by atoms with van der Waals surface area (Å²) in [5.74, 6) is -1.13. The highest BCUT2D eigenvalue weighted by atomic mass is 79.9. The summed E-state index contributed by atoms with van der Waals surface area (Å²) in [6.07, 6.45) is -0.00266. The maximum absolute atomic E-state index is 14.0. The lowest BCUT2D eigenvalue weighted by molar-refractivity contribution is -0.139. The van der Waals surface area contributed by atoms with Crippen molar-refractivity contribution in [1.29, 1.82) is 0 Å². The Morgan fingerprint density at radius 1 is 0.953 bits per heavy atom. The lowest BCUT2D eigenvalue weighted by Gasteiger charge is -2.33. The lowest BCUT2D eigenvalue weighted by atomic mass is 9.95. The predicted molar refractivity (Wildman–Crippen MR) is 162 cm³/mol. The average Bonchev–Trinajstić information content (AvgIpc) is 2.98. The van der Waals surface area contributed by atoms with Gasteiger partial charge in [-0.2, -0.15) is 13.2 Å². The molecule has 0 heterocycles. The molecule has 0 bridgehead atoms. The molecular formula is C31H33BrF3N3O4S. The van der Waals surface area contributed by atoms with Crippen molar-refractivity contribution in [2.24, 2.45) is 0 Å². The highest BCUT2D eigenvalue weighted by Crippen LogP contribution is 2.33. The minimum absolute atomic E-state index is 0.0217. The van der Waals surface area contributed by atoms with Crippen LogP contribution in [0, 0.1) is 0 Å². The summed E-state index contributed by atoms with van der Waals surface area (Å²) in [5.41, 5.74) is -0.706. The van der Waals surface area contributed by atoms with Crippen molar-refractivity contribution in [2.45, 2.75) is 68.7 Å². The van der Waals surface area contributed by atoms with Crippen LogP contribution in [0.5, 0.6) is 0 Å². The van der Waals surface area contributed by atoms with Gasteiger partial charge in [0.25, 0.3) is 10.0 Å². The van der Waals surface area contributed by atoms with Crippen LogP contribution >= 0.6 is 15.9 Å². The van der Waals surface area contributed by atoms with Gasteiger partial charge in [-0.25, -0.2) is 8.42 Å². The molecule has 0 saturated heterocycles. The smallest absolute Gasteiger partial charge is 0.352 e. The molecule has 0 radical (unpaired) electrons. The van der Waals surface area contributed by atoms with E-state index in [1.54, 1.807) is 37.3 Å². The number of anilines is 1. The summed E-state index contributed by atoms with van der Waals surface area (Å²) in [4.78, 5) is 28.5. The Morgan fingerprint density at radius 2 is 1.63 bits per heavy atom. The zero-order valence-electron chi connectivity index (χ0n) is 23.6. The molecule has 2 amide bonds. The number of rotatable bonds is 10. The van der Waals surface area contributed by atoms with Gasteiger partial charge in [-0.05, 0) is 67.8 Å². The van der Waals surface area contributed by atoms with E-state index in [-0.39, 0.29) is 29.1 Å². The van der Waals surface area contributed by atoms with E-state index in [9.17, 15) is 31.2 Å². The molecule has 0 spiro atoms. The zero-order valence-corrected chi connectivity index (χ0v) is 26.0. The maximum Gasteiger partial charge on any atom is 0.416 e. The van der Waals surface area contributed by atoms with Crippen LogP contribution in [-0.4, -0.2) is 43.8 Å². The van der Waals surface area contributed by atoms with Gasteiger partial charge in [-0.3, -0.25) is 13.9 Å². The molecule has 1 N–H and O–H groups in total. The van der Waals surface area contributed by atoms with E-state index in [0.29, 0.717) is 15.9 Å². The number of nitrogens with zero attached hydrogens (tertiary/aromatic N) is 2. The number of benzene rings is 3. The Balaban J connectivity index is 1.71.